The molecule has 2 heterocycles. The van der Waals surface area contributed by atoms with Gasteiger partial charge in [-0.05, 0) is 61.6 Å². The molecule has 1 saturated carbocycles. The highest BCUT2D eigenvalue weighted by Crippen LogP contribution is 2.32. The standard InChI is InChI=1S/C30H35FN4O3/c1-20-14-23(9-10-26(20)31)34-30-25-16-22(29(37-2)17-27(25)32-19-33-30)15-24(36)7-5-11-35-12-13-38-18-21-6-3-4-8-28(21)35/h5,7,9-10,14,16-17,19,21,28H,3-4,6,8,11-13,15,18H2,1-2H3,(H,32,33,34)/b7-5+. The van der Waals surface area contributed by atoms with E-state index in [4.69, 9.17) is 9.47 Å². The lowest BCUT2D eigenvalue weighted by atomic mass is 9.84. The Hall–Kier alpha value is -3.36. The number of rotatable bonds is 8. The van der Waals surface area contributed by atoms with Crippen molar-refractivity contribution < 1.29 is 18.7 Å². The minimum absolute atomic E-state index is 0.00874. The van der Waals surface area contributed by atoms with Gasteiger partial charge in [-0.25, -0.2) is 14.4 Å². The molecule has 1 saturated heterocycles. The number of aromatic nitrogens is 2. The number of nitrogens with one attached hydrogen (secondary N) is 1. The van der Waals surface area contributed by atoms with Gasteiger partial charge in [0.05, 0.1) is 25.8 Å². The number of hydrogen-bond donors (Lipinski definition) is 1. The van der Waals surface area contributed by atoms with Crippen LogP contribution in [0.15, 0.2) is 48.8 Å². The Morgan fingerprint density at radius 2 is 2.11 bits per heavy atom. The van der Waals surface area contributed by atoms with Gasteiger partial charge in [0.1, 0.15) is 23.7 Å². The lowest BCUT2D eigenvalue weighted by molar-refractivity contribution is -0.114. The van der Waals surface area contributed by atoms with E-state index in [1.54, 1.807) is 32.2 Å². The number of anilines is 2. The summed E-state index contributed by atoms with van der Waals surface area (Å²) >= 11 is 0. The van der Waals surface area contributed by atoms with Crippen LogP contribution in [-0.2, 0) is 16.0 Å². The molecule has 3 aromatic rings. The van der Waals surface area contributed by atoms with Crippen molar-refractivity contribution in [3.05, 3.63) is 65.8 Å². The summed E-state index contributed by atoms with van der Waals surface area (Å²) in [7, 11) is 1.59. The summed E-state index contributed by atoms with van der Waals surface area (Å²) in [5, 5.41) is 4.02. The maximum atomic E-state index is 13.7. The van der Waals surface area contributed by atoms with Crippen molar-refractivity contribution in [1.82, 2.24) is 14.9 Å². The molecule has 1 aliphatic heterocycles. The molecule has 2 atom stereocenters. The smallest absolute Gasteiger partial charge is 0.159 e. The summed E-state index contributed by atoms with van der Waals surface area (Å²) in [5.41, 5.74) is 2.72. The van der Waals surface area contributed by atoms with Crippen LogP contribution in [0.3, 0.4) is 0 Å². The van der Waals surface area contributed by atoms with Crippen LogP contribution in [0.2, 0.25) is 0 Å². The van der Waals surface area contributed by atoms with Crippen LogP contribution in [-0.4, -0.2) is 60.1 Å². The number of allylic oxidation sites excluding steroid dienone is 1. The highest BCUT2D eigenvalue weighted by Gasteiger charge is 2.31. The van der Waals surface area contributed by atoms with Crippen LogP contribution in [0.1, 0.15) is 36.8 Å². The molecule has 1 N–H and O–H groups in total. The molecule has 1 aromatic heterocycles. The molecule has 0 amide bonds. The fraction of sp³-hybridized carbons (Fsp3) is 0.433. The molecule has 5 rings (SSSR count). The van der Waals surface area contributed by atoms with E-state index in [-0.39, 0.29) is 18.0 Å². The molecule has 2 fully saturated rings. The Bertz CT molecular complexity index is 1330. The average molecular weight is 519 g/mol. The molecule has 2 aliphatic rings. The summed E-state index contributed by atoms with van der Waals surface area (Å²) in [6.07, 6.45) is 10.3. The number of methoxy groups -OCH3 is 1. The highest BCUT2D eigenvalue weighted by atomic mass is 19.1. The third-order valence-electron chi connectivity index (χ3n) is 7.66. The van der Waals surface area contributed by atoms with Crippen molar-refractivity contribution in [3.63, 3.8) is 0 Å². The number of carbonyl (C=O) groups excluding carboxylic acids is 1. The van der Waals surface area contributed by atoms with Gasteiger partial charge in [0.15, 0.2) is 5.78 Å². The molecule has 38 heavy (non-hydrogen) atoms. The number of carbonyl (C=O) groups is 1. The first-order valence-electron chi connectivity index (χ1n) is 13.4. The lowest BCUT2D eigenvalue weighted by Gasteiger charge is -2.36. The summed E-state index contributed by atoms with van der Waals surface area (Å²) in [6, 6.07) is 9.09. The van der Waals surface area contributed by atoms with E-state index in [1.165, 1.54) is 38.1 Å². The Labute approximate surface area is 223 Å². The predicted molar refractivity (Wildman–Crippen MR) is 146 cm³/mol. The number of hydrogen-bond acceptors (Lipinski definition) is 7. The van der Waals surface area contributed by atoms with Crippen LogP contribution < -0.4 is 10.1 Å². The summed E-state index contributed by atoms with van der Waals surface area (Å²) in [6.45, 7) is 4.98. The molecule has 8 heteroatoms. The minimum atomic E-state index is -0.260. The van der Waals surface area contributed by atoms with Gasteiger partial charge in [-0.3, -0.25) is 9.69 Å². The second-order valence-corrected chi connectivity index (χ2v) is 10.2. The van der Waals surface area contributed by atoms with Crippen molar-refractivity contribution in [1.29, 1.82) is 0 Å². The van der Waals surface area contributed by atoms with Crippen LogP contribution in [0, 0.1) is 18.7 Å². The van der Waals surface area contributed by atoms with Crippen LogP contribution in [0.5, 0.6) is 5.75 Å². The number of benzene rings is 2. The van der Waals surface area contributed by atoms with E-state index in [9.17, 15) is 9.18 Å². The quantitative estimate of drug-likeness (QED) is 0.401. The third-order valence-corrected chi connectivity index (χ3v) is 7.66. The van der Waals surface area contributed by atoms with Gasteiger partial charge >= 0.3 is 0 Å². The van der Waals surface area contributed by atoms with E-state index in [1.807, 2.05) is 18.2 Å². The maximum Gasteiger partial charge on any atom is 0.159 e. The zero-order valence-corrected chi connectivity index (χ0v) is 22.1. The van der Waals surface area contributed by atoms with E-state index in [0.717, 1.165) is 42.9 Å². The summed E-state index contributed by atoms with van der Waals surface area (Å²) in [5.74, 6) is 1.54. The Morgan fingerprint density at radius 3 is 2.95 bits per heavy atom. The second-order valence-electron chi connectivity index (χ2n) is 10.2. The summed E-state index contributed by atoms with van der Waals surface area (Å²) < 4.78 is 25.2. The molecular formula is C30H35FN4O3. The number of ketones is 1. The van der Waals surface area contributed by atoms with Gasteiger partial charge in [-0.15, -0.1) is 0 Å². The number of ether oxygens (including phenoxy) is 2. The first kappa shape index (κ1) is 26.3. The second kappa shape index (κ2) is 12.0. The van der Waals surface area contributed by atoms with Crippen molar-refractivity contribution in [2.24, 2.45) is 5.92 Å². The lowest BCUT2D eigenvalue weighted by Crippen LogP contribution is -2.42. The van der Waals surface area contributed by atoms with E-state index in [0.29, 0.717) is 34.6 Å². The van der Waals surface area contributed by atoms with Gasteiger partial charge in [0.25, 0.3) is 0 Å². The van der Waals surface area contributed by atoms with E-state index in [2.05, 4.69) is 20.2 Å². The topological polar surface area (TPSA) is 76.6 Å². The Balaban J connectivity index is 1.31. The molecule has 7 nitrogen and oxygen atoms in total. The normalized spacial score (nSPS) is 20.3. The zero-order chi connectivity index (χ0) is 26.5. The molecule has 200 valence electrons. The van der Waals surface area contributed by atoms with Crippen molar-refractivity contribution >= 4 is 28.2 Å². The van der Waals surface area contributed by atoms with Crippen LogP contribution >= 0.6 is 0 Å². The molecule has 0 spiro atoms. The maximum absolute atomic E-state index is 13.7. The first-order valence-corrected chi connectivity index (χ1v) is 13.4. The van der Waals surface area contributed by atoms with Crippen molar-refractivity contribution in [2.75, 3.05) is 38.7 Å². The molecule has 1 aliphatic carbocycles. The SMILES string of the molecule is COc1cc2ncnc(Nc3ccc(F)c(C)c3)c2cc1CC(=O)/C=C/CN1CCOCC2CCCCC21. The third kappa shape index (κ3) is 6.03. The summed E-state index contributed by atoms with van der Waals surface area (Å²) in [4.78, 5) is 24.2. The van der Waals surface area contributed by atoms with Crippen molar-refractivity contribution in [3.8, 4) is 5.75 Å². The zero-order valence-electron chi connectivity index (χ0n) is 22.1. The number of fused-ring (bicyclic) bond motifs is 2. The molecule has 2 unspecified atom stereocenters. The fourth-order valence-electron chi connectivity index (χ4n) is 5.65. The Kier molecular flexibility index (Phi) is 8.29. The van der Waals surface area contributed by atoms with Gasteiger partial charge in [0, 0.05) is 48.3 Å². The molecular weight excluding hydrogens is 483 g/mol. The number of nitrogens with zero attached hydrogens (tertiary/aromatic N) is 3. The van der Waals surface area contributed by atoms with Crippen LogP contribution in [0.4, 0.5) is 15.9 Å². The monoisotopic (exact) mass is 518 g/mol. The van der Waals surface area contributed by atoms with E-state index >= 15 is 0 Å². The minimum Gasteiger partial charge on any atom is -0.496 e. The van der Waals surface area contributed by atoms with Gasteiger partial charge in [-0.2, -0.15) is 0 Å². The number of halogens is 1. The fourth-order valence-corrected chi connectivity index (χ4v) is 5.65. The van der Waals surface area contributed by atoms with Crippen molar-refractivity contribution in [2.45, 2.75) is 45.1 Å². The van der Waals surface area contributed by atoms with Gasteiger partial charge in [-0.1, -0.05) is 18.9 Å². The van der Waals surface area contributed by atoms with Crippen LogP contribution in [0.25, 0.3) is 10.9 Å². The highest BCUT2D eigenvalue weighted by molar-refractivity contribution is 5.96. The van der Waals surface area contributed by atoms with E-state index < -0.39 is 0 Å². The average Bonchev–Trinajstić information content (AvgIpc) is 3.13. The largest absolute Gasteiger partial charge is 0.496 e. The predicted octanol–water partition coefficient (Wildman–Crippen LogP) is 5.39. The van der Waals surface area contributed by atoms with Gasteiger partial charge in [0.2, 0.25) is 0 Å². The van der Waals surface area contributed by atoms with Gasteiger partial charge < -0.3 is 14.8 Å². The first-order chi connectivity index (χ1) is 18.5. The molecule has 0 bridgehead atoms. The molecule has 0 radical (unpaired) electrons. The molecule has 2 aromatic carbocycles. The number of aryl methyl sites for hydroxylation is 1. The Morgan fingerprint density at radius 1 is 1.24 bits per heavy atom.